The van der Waals surface area contributed by atoms with Crippen LogP contribution in [0.5, 0.6) is 0 Å². The molecule has 5 heteroatoms. The van der Waals surface area contributed by atoms with E-state index >= 15 is 0 Å². The van der Waals surface area contributed by atoms with Gasteiger partial charge in [-0.05, 0) is 13.8 Å². The maximum atomic E-state index is 8.51. The van der Waals surface area contributed by atoms with Crippen LogP contribution in [0, 0.1) is 11.3 Å². The van der Waals surface area contributed by atoms with Gasteiger partial charge in [-0.1, -0.05) is 0 Å². The van der Waals surface area contributed by atoms with Gasteiger partial charge in [-0.3, -0.25) is 0 Å². The molecule has 0 aliphatic rings. The van der Waals surface area contributed by atoms with Gasteiger partial charge in [0.25, 0.3) is 0 Å². The van der Waals surface area contributed by atoms with Gasteiger partial charge in [0, 0.05) is 5.71 Å². The second kappa shape index (κ2) is 3.05. The molecule has 0 saturated carbocycles. The predicted molar refractivity (Wildman–Crippen MR) is 45.5 cm³/mol. The summed E-state index contributed by atoms with van der Waals surface area (Å²) in [6.45, 7) is 3.68. The van der Waals surface area contributed by atoms with Crippen molar-refractivity contribution in [2.45, 2.75) is 13.8 Å². The number of hydrogen-bond donors (Lipinski definition) is 1. The number of nitriles is 1. The molecule has 0 radical (unpaired) electrons. The maximum Gasteiger partial charge on any atom is 0.184 e. The van der Waals surface area contributed by atoms with E-state index in [0.717, 1.165) is 5.71 Å². The zero-order valence-electron chi connectivity index (χ0n) is 6.94. The van der Waals surface area contributed by atoms with Crippen LogP contribution in [0.15, 0.2) is 11.4 Å². The first-order valence-electron chi connectivity index (χ1n) is 3.40. The average molecular weight is 163 g/mol. The van der Waals surface area contributed by atoms with E-state index in [1.807, 2.05) is 19.9 Å². The molecule has 0 fully saturated rings. The SMILES string of the molecule is CC(C)=Nn1cnc(C#N)c1N. The number of hydrogen-bond acceptors (Lipinski definition) is 4. The molecule has 0 bridgehead atoms. The van der Waals surface area contributed by atoms with Crippen molar-refractivity contribution >= 4 is 11.5 Å². The highest BCUT2D eigenvalue weighted by Crippen LogP contribution is 2.07. The lowest BCUT2D eigenvalue weighted by Crippen LogP contribution is -1.98. The van der Waals surface area contributed by atoms with Crippen molar-refractivity contribution < 1.29 is 0 Å². The third-order valence-electron chi connectivity index (χ3n) is 1.20. The summed E-state index contributed by atoms with van der Waals surface area (Å²) in [5.74, 6) is 0.277. The van der Waals surface area contributed by atoms with E-state index in [-0.39, 0.29) is 11.5 Å². The molecule has 1 aromatic rings. The summed E-state index contributed by atoms with van der Waals surface area (Å²) in [6, 6.07) is 1.86. The highest BCUT2D eigenvalue weighted by Gasteiger charge is 2.04. The number of anilines is 1. The first-order chi connectivity index (χ1) is 5.65. The van der Waals surface area contributed by atoms with E-state index in [1.54, 1.807) is 0 Å². The third-order valence-corrected chi connectivity index (χ3v) is 1.20. The Hall–Kier alpha value is -1.83. The molecule has 12 heavy (non-hydrogen) atoms. The minimum absolute atomic E-state index is 0.208. The molecule has 1 rings (SSSR count). The third kappa shape index (κ3) is 1.42. The Labute approximate surface area is 70.1 Å². The van der Waals surface area contributed by atoms with Gasteiger partial charge in [-0.2, -0.15) is 10.4 Å². The molecule has 0 aliphatic heterocycles. The van der Waals surface area contributed by atoms with Crippen LogP contribution in [-0.4, -0.2) is 15.4 Å². The molecular weight excluding hydrogens is 154 g/mol. The second-order valence-electron chi connectivity index (χ2n) is 2.48. The van der Waals surface area contributed by atoms with Crippen LogP contribution in [-0.2, 0) is 0 Å². The molecule has 0 aliphatic carbocycles. The number of nitrogens with zero attached hydrogens (tertiary/aromatic N) is 4. The topological polar surface area (TPSA) is 80.0 Å². The lowest BCUT2D eigenvalue weighted by atomic mass is 10.5. The Balaban J connectivity index is 3.13. The van der Waals surface area contributed by atoms with Crippen LogP contribution >= 0.6 is 0 Å². The Morgan fingerprint density at radius 2 is 2.42 bits per heavy atom. The van der Waals surface area contributed by atoms with E-state index < -0.39 is 0 Å². The van der Waals surface area contributed by atoms with Crippen LogP contribution in [0.1, 0.15) is 19.5 Å². The molecule has 0 saturated heterocycles. The molecule has 62 valence electrons. The van der Waals surface area contributed by atoms with Crippen LogP contribution in [0.25, 0.3) is 0 Å². The first-order valence-corrected chi connectivity index (χ1v) is 3.40. The molecular formula is C7H9N5. The van der Waals surface area contributed by atoms with E-state index in [4.69, 9.17) is 11.0 Å². The van der Waals surface area contributed by atoms with Gasteiger partial charge < -0.3 is 5.73 Å². The molecule has 1 aromatic heterocycles. The number of imidazole rings is 1. The van der Waals surface area contributed by atoms with Gasteiger partial charge in [0.1, 0.15) is 12.4 Å². The molecule has 0 aromatic carbocycles. The second-order valence-corrected chi connectivity index (χ2v) is 2.48. The fraction of sp³-hybridized carbons (Fsp3) is 0.286. The van der Waals surface area contributed by atoms with Crippen molar-refractivity contribution in [2.24, 2.45) is 5.10 Å². The number of nitrogen functional groups attached to an aromatic ring is 1. The summed E-state index contributed by atoms with van der Waals surface area (Å²) in [6.07, 6.45) is 1.42. The quantitative estimate of drug-likeness (QED) is 0.615. The van der Waals surface area contributed by atoms with Crippen molar-refractivity contribution in [2.75, 3.05) is 5.73 Å². The Kier molecular flexibility index (Phi) is 2.10. The largest absolute Gasteiger partial charge is 0.381 e. The summed E-state index contributed by atoms with van der Waals surface area (Å²) in [7, 11) is 0. The van der Waals surface area contributed by atoms with Gasteiger partial charge in [0.05, 0.1) is 0 Å². The van der Waals surface area contributed by atoms with Crippen LogP contribution < -0.4 is 5.73 Å². The summed E-state index contributed by atoms with van der Waals surface area (Å²) in [4.78, 5) is 3.76. The minimum atomic E-state index is 0.208. The van der Waals surface area contributed by atoms with Gasteiger partial charge in [0.15, 0.2) is 11.5 Å². The van der Waals surface area contributed by atoms with Crippen molar-refractivity contribution in [1.82, 2.24) is 9.66 Å². The Morgan fingerprint density at radius 3 is 2.83 bits per heavy atom. The summed E-state index contributed by atoms with van der Waals surface area (Å²) < 4.78 is 1.38. The zero-order chi connectivity index (χ0) is 9.14. The van der Waals surface area contributed by atoms with Crippen molar-refractivity contribution in [3.05, 3.63) is 12.0 Å². The minimum Gasteiger partial charge on any atom is -0.381 e. The van der Waals surface area contributed by atoms with E-state index in [1.165, 1.54) is 11.0 Å². The Bertz CT molecular complexity index is 350. The lowest BCUT2D eigenvalue weighted by Gasteiger charge is -1.95. The fourth-order valence-corrected chi connectivity index (χ4v) is 0.731. The van der Waals surface area contributed by atoms with Gasteiger partial charge in [-0.15, -0.1) is 0 Å². The fourth-order valence-electron chi connectivity index (χ4n) is 0.731. The predicted octanol–water partition coefficient (Wildman–Crippen LogP) is 0.581. The summed E-state index contributed by atoms with van der Waals surface area (Å²) in [5, 5.41) is 12.5. The number of rotatable bonds is 1. The van der Waals surface area contributed by atoms with Gasteiger partial charge in [0.2, 0.25) is 0 Å². The Morgan fingerprint density at radius 1 is 1.75 bits per heavy atom. The van der Waals surface area contributed by atoms with Crippen LogP contribution in [0.3, 0.4) is 0 Å². The van der Waals surface area contributed by atoms with Crippen molar-refractivity contribution in [3.8, 4) is 6.07 Å². The molecule has 2 N–H and O–H groups in total. The van der Waals surface area contributed by atoms with Gasteiger partial charge >= 0.3 is 0 Å². The van der Waals surface area contributed by atoms with Crippen LogP contribution in [0.2, 0.25) is 0 Å². The molecule has 1 heterocycles. The number of nitrogens with two attached hydrogens (primary N) is 1. The lowest BCUT2D eigenvalue weighted by molar-refractivity contribution is 0.884. The monoisotopic (exact) mass is 163 g/mol. The molecule has 0 spiro atoms. The van der Waals surface area contributed by atoms with E-state index in [9.17, 15) is 0 Å². The molecule has 0 amide bonds. The molecule has 5 nitrogen and oxygen atoms in total. The normalized spacial score (nSPS) is 9.08. The zero-order valence-corrected chi connectivity index (χ0v) is 6.94. The summed E-state index contributed by atoms with van der Waals surface area (Å²) >= 11 is 0. The van der Waals surface area contributed by atoms with Crippen LogP contribution in [0.4, 0.5) is 5.82 Å². The first kappa shape index (κ1) is 8.27. The standard InChI is InChI=1S/C7H9N5/c1-5(2)11-12-4-10-6(3-8)7(12)9/h4H,9H2,1-2H3. The van der Waals surface area contributed by atoms with Gasteiger partial charge in [-0.25, -0.2) is 9.66 Å². The maximum absolute atomic E-state index is 8.51. The number of aromatic nitrogens is 2. The highest BCUT2D eigenvalue weighted by atomic mass is 15.4. The average Bonchev–Trinajstić information content (AvgIpc) is 2.32. The highest BCUT2D eigenvalue weighted by molar-refractivity contribution is 5.79. The van der Waals surface area contributed by atoms with Crippen molar-refractivity contribution in [3.63, 3.8) is 0 Å². The van der Waals surface area contributed by atoms with E-state index in [2.05, 4.69) is 10.1 Å². The van der Waals surface area contributed by atoms with E-state index in [0.29, 0.717) is 0 Å². The van der Waals surface area contributed by atoms with Crippen molar-refractivity contribution in [1.29, 1.82) is 5.26 Å². The molecule has 0 unspecified atom stereocenters. The summed E-state index contributed by atoms with van der Waals surface area (Å²) in [5.41, 5.74) is 6.59. The smallest absolute Gasteiger partial charge is 0.184 e. The molecule has 0 atom stereocenters.